The van der Waals surface area contributed by atoms with Gasteiger partial charge in [-0.25, -0.2) is 14.2 Å². The summed E-state index contributed by atoms with van der Waals surface area (Å²) in [5.74, 6) is 0.266. The molecule has 6 nitrogen and oxygen atoms in total. The molecular weight excluding hydrogens is 323 g/mol. The molecule has 3 amide bonds. The Labute approximate surface area is 144 Å². The van der Waals surface area contributed by atoms with Gasteiger partial charge >= 0.3 is 6.03 Å². The molecule has 1 aromatic heterocycles. The number of urea groups is 1. The summed E-state index contributed by atoms with van der Waals surface area (Å²) in [6.45, 7) is 1.19. The first-order valence-corrected chi connectivity index (χ1v) is 8.17. The molecule has 7 heteroatoms. The summed E-state index contributed by atoms with van der Waals surface area (Å²) in [6.07, 6.45) is 2.75. The lowest BCUT2D eigenvalue weighted by Crippen LogP contribution is -2.55. The van der Waals surface area contributed by atoms with Crippen LogP contribution in [0.15, 0.2) is 42.6 Å². The maximum Gasteiger partial charge on any atom is 0.322 e. The summed E-state index contributed by atoms with van der Waals surface area (Å²) in [5, 5.41) is 5.07. The number of pyridine rings is 1. The van der Waals surface area contributed by atoms with Crippen LogP contribution in [0.4, 0.5) is 15.0 Å². The van der Waals surface area contributed by atoms with E-state index in [1.807, 2.05) is 12.1 Å². The fourth-order valence-electron chi connectivity index (χ4n) is 3.48. The van der Waals surface area contributed by atoms with Crippen LogP contribution >= 0.6 is 0 Å². The standard InChI is InChI=1S/C18H17FN4O2/c19-13-5-3-12(4-6-13)14-2-1-9-20-15(14)23-10-7-18(8-11-23)16(24)21-17(25)22-18/h1-6,9H,7-8,10-11H2,(H2,21,22,24,25). The molecule has 2 aliphatic heterocycles. The third kappa shape index (κ3) is 2.71. The lowest BCUT2D eigenvalue weighted by molar-refractivity contribution is -0.124. The molecule has 1 spiro atoms. The van der Waals surface area contributed by atoms with Gasteiger partial charge in [0, 0.05) is 24.8 Å². The summed E-state index contributed by atoms with van der Waals surface area (Å²) in [6, 6.07) is 9.68. The van der Waals surface area contributed by atoms with Crippen molar-refractivity contribution in [3.05, 3.63) is 48.4 Å². The van der Waals surface area contributed by atoms with Gasteiger partial charge in [-0.1, -0.05) is 12.1 Å². The fourth-order valence-corrected chi connectivity index (χ4v) is 3.48. The summed E-state index contributed by atoms with van der Waals surface area (Å²) in [4.78, 5) is 30.1. The second kappa shape index (κ2) is 5.84. The van der Waals surface area contributed by atoms with Crippen molar-refractivity contribution in [3.8, 4) is 11.1 Å². The van der Waals surface area contributed by atoms with Gasteiger partial charge in [-0.2, -0.15) is 0 Å². The molecule has 1 aromatic carbocycles. The van der Waals surface area contributed by atoms with Gasteiger partial charge in [0.1, 0.15) is 17.2 Å². The third-order valence-corrected chi connectivity index (χ3v) is 4.87. The van der Waals surface area contributed by atoms with Crippen molar-refractivity contribution in [1.82, 2.24) is 15.6 Å². The average Bonchev–Trinajstić information content (AvgIpc) is 2.89. The highest BCUT2D eigenvalue weighted by Crippen LogP contribution is 2.33. The molecule has 2 saturated heterocycles. The number of nitrogens with zero attached hydrogens (tertiary/aromatic N) is 2. The number of amides is 3. The number of rotatable bonds is 2. The minimum Gasteiger partial charge on any atom is -0.356 e. The predicted octanol–water partition coefficient (Wildman–Crippen LogP) is 2.07. The molecule has 4 rings (SSSR count). The van der Waals surface area contributed by atoms with Crippen LogP contribution in [0.5, 0.6) is 0 Å². The lowest BCUT2D eigenvalue weighted by Gasteiger charge is -2.38. The number of hydrogen-bond donors (Lipinski definition) is 2. The van der Waals surface area contributed by atoms with Crippen LogP contribution in [0, 0.1) is 5.82 Å². The highest BCUT2D eigenvalue weighted by Gasteiger charge is 2.48. The van der Waals surface area contributed by atoms with Gasteiger partial charge in [0.25, 0.3) is 5.91 Å². The zero-order valence-electron chi connectivity index (χ0n) is 13.5. The molecule has 0 atom stereocenters. The fraction of sp³-hybridized carbons (Fsp3) is 0.278. The number of anilines is 1. The van der Waals surface area contributed by atoms with Crippen molar-refractivity contribution >= 4 is 17.8 Å². The van der Waals surface area contributed by atoms with E-state index in [-0.39, 0.29) is 11.7 Å². The van der Waals surface area contributed by atoms with Crippen molar-refractivity contribution in [2.45, 2.75) is 18.4 Å². The Morgan fingerprint density at radius 2 is 1.80 bits per heavy atom. The summed E-state index contributed by atoms with van der Waals surface area (Å²) in [7, 11) is 0. The number of nitrogens with one attached hydrogen (secondary N) is 2. The van der Waals surface area contributed by atoms with Gasteiger partial charge in [-0.15, -0.1) is 0 Å². The number of halogens is 1. The van der Waals surface area contributed by atoms with E-state index in [0.29, 0.717) is 25.9 Å². The van der Waals surface area contributed by atoms with E-state index < -0.39 is 11.6 Å². The molecule has 0 aliphatic carbocycles. The summed E-state index contributed by atoms with van der Waals surface area (Å²) >= 11 is 0. The number of hydrogen-bond acceptors (Lipinski definition) is 4. The second-order valence-electron chi connectivity index (χ2n) is 6.36. The zero-order valence-corrected chi connectivity index (χ0v) is 13.5. The van der Waals surface area contributed by atoms with Crippen molar-refractivity contribution in [1.29, 1.82) is 0 Å². The molecule has 2 N–H and O–H groups in total. The molecule has 3 heterocycles. The molecular formula is C18H17FN4O2. The summed E-state index contributed by atoms with van der Waals surface area (Å²) < 4.78 is 13.2. The van der Waals surface area contributed by atoms with E-state index in [0.717, 1.165) is 16.9 Å². The molecule has 0 unspecified atom stereocenters. The SMILES string of the molecule is O=C1NC(=O)C2(CCN(c3ncccc3-c3ccc(F)cc3)CC2)N1. The van der Waals surface area contributed by atoms with Gasteiger partial charge in [0.15, 0.2) is 0 Å². The topological polar surface area (TPSA) is 74.3 Å². The van der Waals surface area contributed by atoms with Crippen LogP contribution in [0.1, 0.15) is 12.8 Å². The summed E-state index contributed by atoms with van der Waals surface area (Å²) in [5.41, 5.74) is 0.994. The Bertz CT molecular complexity index is 829. The maximum atomic E-state index is 13.2. The number of benzene rings is 1. The first kappa shape index (κ1) is 15.6. The van der Waals surface area contributed by atoms with Crippen LogP contribution in [-0.2, 0) is 4.79 Å². The van der Waals surface area contributed by atoms with Crippen LogP contribution in [-0.4, -0.2) is 35.6 Å². The zero-order chi connectivity index (χ0) is 17.4. The first-order valence-electron chi connectivity index (χ1n) is 8.17. The lowest BCUT2D eigenvalue weighted by atomic mass is 9.87. The molecule has 128 valence electrons. The highest BCUT2D eigenvalue weighted by atomic mass is 19.1. The first-order chi connectivity index (χ1) is 12.1. The van der Waals surface area contributed by atoms with E-state index in [9.17, 15) is 14.0 Å². The second-order valence-corrected chi connectivity index (χ2v) is 6.36. The predicted molar refractivity (Wildman–Crippen MR) is 90.5 cm³/mol. The maximum absolute atomic E-state index is 13.2. The normalized spacial score (nSPS) is 19.0. The van der Waals surface area contributed by atoms with Crippen molar-refractivity contribution < 1.29 is 14.0 Å². The van der Waals surface area contributed by atoms with E-state index in [4.69, 9.17) is 0 Å². The highest BCUT2D eigenvalue weighted by molar-refractivity contribution is 6.07. The van der Waals surface area contributed by atoms with Crippen LogP contribution < -0.4 is 15.5 Å². The Morgan fingerprint density at radius 3 is 2.44 bits per heavy atom. The van der Waals surface area contributed by atoms with E-state index in [2.05, 4.69) is 20.5 Å². The Balaban J connectivity index is 1.59. The molecule has 2 aliphatic rings. The molecule has 25 heavy (non-hydrogen) atoms. The smallest absolute Gasteiger partial charge is 0.322 e. The minimum atomic E-state index is -0.807. The van der Waals surface area contributed by atoms with Crippen molar-refractivity contribution in [2.75, 3.05) is 18.0 Å². The van der Waals surface area contributed by atoms with Gasteiger partial charge < -0.3 is 10.2 Å². The molecule has 0 bridgehead atoms. The number of aromatic nitrogens is 1. The Hall–Kier alpha value is -2.96. The van der Waals surface area contributed by atoms with Crippen LogP contribution in [0.3, 0.4) is 0 Å². The van der Waals surface area contributed by atoms with Crippen LogP contribution in [0.25, 0.3) is 11.1 Å². The monoisotopic (exact) mass is 340 g/mol. The third-order valence-electron chi connectivity index (χ3n) is 4.87. The van der Waals surface area contributed by atoms with Gasteiger partial charge in [0.05, 0.1) is 0 Å². The number of imide groups is 1. The number of piperidine rings is 1. The Kier molecular flexibility index (Phi) is 3.63. The van der Waals surface area contributed by atoms with Gasteiger partial charge in [0.2, 0.25) is 0 Å². The molecule has 2 fully saturated rings. The van der Waals surface area contributed by atoms with Gasteiger partial charge in [-0.3, -0.25) is 10.1 Å². The number of carbonyl (C=O) groups is 2. The van der Waals surface area contributed by atoms with Crippen LogP contribution in [0.2, 0.25) is 0 Å². The van der Waals surface area contributed by atoms with E-state index >= 15 is 0 Å². The van der Waals surface area contributed by atoms with E-state index in [1.165, 1.54) is 12.1 Å². The van der Waals surface area contributed by atoms with Crippen molar-refractivity contribution in [2.24, 2.45) is 0 Å². The molecule has 0 saturated carbocycles. The average molecular weight is 340 g/mol. The Morgan fingerprint density at radius 1 is 1.08 bits per heavy atom. The minimum absolute atomic E-state index is 0.253. The molecule has 2 aromatic rings. The largest absolute Gasteiger partial charge is 0.356 e. The van der Waals surface area contributed by atoms with E-state index in [1.54, 1.807) is 18.3 Å². The molecule has 0 radical (unpaired) electrons. The van der Waals surface area contributed by atoms with Gasteiger partial charge in [-0.05, 0) is 42.7 Å². The quantitative estimate of drug-likeness (QED) is 0.821. The number of carbonyl (C=O) groups excluding carboxylic acids is 2. The van der Waals surface area contributed by atoms with Crippen molar-refractivity contribution in [3.63, 3.8) is 0 Å².